The summed E-state index contributed by atoms with van der Waals surface area (Å²) < 4.78 is 10.9. The van der Waals surface area contributed by atoms with E-state index in [0.717, 1.165) is 12.1 Å². The monoisotopic (exact) mass is 320 g/mol. The van der Waals surface area contributed by atoms with Gasteiger partial charge in [-0.3, -0.25) is 4.79 Å². The van der Waals surface area contributed by atoms with Gasteiger partial charge in [-0.1, -0.05) is 6.07 Å². The molecule has 5 nitrogen and oxygen atoms in total. The lowest BCUT2D eigenvalue weighted by atomic mass is 10.2. The van der Waals surface area contributed by atoms with Crippen LogP contribution in [0.4, 0.5) is 0 Å². The van der Waals surface area contributed by atoms with Gasteiger partial charge in [0.1, 0.15) is 12.4 Å². The second-order valence-electron chi connectivity index (χ2n) is 4.60. The minimum absolute atomic E-state index is 0.101. The first-order valence-electron chi connectivity index (χ1n) is 7.25. The van der Waals surface area contributed by atoms with Crippen LogP contribution in [0.2, 0.25) is 0 Å². The van der Waals surface area contributed by atoms with Crippen molar-refractivity contribution in [1.82, 2.24) is 10.3 Å². The molecule has 0 spiro atoms. The molecule has 0 unspecified atom stereocenters. The van der Waals surface area contributed by atoms with E-state index in [2.05, 4.69) is 10.3 Å². The van der Waals surface area contributed by atoms with Crippen LogP contribution >= 0.6 is 11.3 Å². The van der Waals surface area contributed by atoms with E-state index >= 15 is 0 Å². The lowest BCUT2D eigenvalue weighted by molar-refractivity contribution is 0.0943. The minimum atomic E-state index is -0.101. The summed E-state index contributed by atoms with van der Waals surface area (Å²) in [6, 6.07) is 7.15. The fourth-order valence-corrected chi connectivity index (χ4v) is 2.36. The lowest BCUT2D eigenvalue weighted by Gasteiger charge is -2.08. The Kier molecular flexibility index (Phi) is 6.86. The van der Waals surface area contributed by atoms with Crippen LogP contribution in [0.1, 0.15) is 29.4 Å². The van der Waals surface area contributed by atoms with Crippen LogP contribution in [-0.2, 0) is 11.3 Å². The van der Waals surface area contributed by atoms with Crippen LogP contribution in [0.5, 0.6) is 5.75 Å². The molecule has 0 saturated heterocycles. The van der Waals surface area contributed by atoms with E-state index in [-0.39, 0.29) is 5.91 Å². The molecule has 118 valence electrons. The molecule has 1 heterocycles. The molecule has 0 saturated carbocycles. The normalized spacial score (nSPS) is 10.4. The van der Waals surface area contributed by atoms with Crippen molar-refractivity contribution in [2.45, 2.75) is 20.0 Å². The summed E-state index contributed by atoms with van der Waals surface area (Å²) >= 11 is 1.53. The predicted molar refractivity (Wildman–Crippen MR) is 86.3 cm³/mol. The van der Waals surface area contributed by atoms with Gasteiger partial charge in [0.25, 0.3) is 5.91 Å². The molecular weight excluding hydrogens is 300 g/mol. The SMILES string of the molecule is CCOCCCNC(=O)c1cccc(OCc2cscn2)c1. The molecule has 2 aromatic rings. The van der Waals surface area contributed by atoms with E-state index in [4.69, 9.17) is 9.47 Å². The fraction of sp³-hybridized carbons (Fsp3) is 0.375. The summed E-state index contributed by atoms with van der Waals surface area (Å²) in [6.07, 6.45) is 0.805. The first-order valence-corrected chi connectivity index (χ1v) is 8.19. The Labute approximate surface area is 134 Å². The van der Waals surface area contributed by atoms with Crippen molar-refractivity contribution in [3.63, 3.8) is 0 Å². The third-order valence-corrected chi connectivity index (χ3v) is 3.56. The molecule has 0 aliphatic heterocycles. The second kappa shape index (κ2) is 9.17. The summed E-state index contributed by atoms with van der Waals surface area (Å²) in [7, 11) is 0. The number of rotatable bonds is 9. The average Bonchev–Trinajstić information content (AvgIpc) is 3.06. The summed E-state index contributed by atoms with van der Waals surface area (Å²) in [5.74, 6) is 0.561. The maximum Gasteiger partial charge on any atom is 0.251 e. The number of aromatic nitrogens is 1. The quantitative estimate of drug-likeness (QED) is 0.722. The van der Waals surface area contributed by atoms with E-state index in [9.17, 15) is 4.79 Å². The lowest BCUT2D eigenvalue weighted by Crippen LogP contribution is -2.25. The number of hydrogen-bond donors (Lipinski definition) is 1. The molecule has 0 aliphatic carbocycles. The second-order valence-corrected chi connectivity index (χ2v) is 5.32. The van der Waals surface area contributed by atoms with Crippen molar-refractivity contribution in [3.8, 4) is 5.75 Å². The van der Waals surface area contributed by atoms with E-state index < -0.39 is 0 Å². The largest absolute Gasteiger partial charge is 0.487 e. The molecule has 1 aromatic carbocycles. The highest BCUT2D eigenvalue weighted by Crippen LogP contribution is 2.15. The summed E-state index contributed by atoms with van der Waals surface area (Å²) in [5.41, 5.74) is 3.24. The number of benzene rings is 1. The smallest absolute Gasteiger partial charge is 0.251 e. The van der Waals surface area contributed by atoms with Gasteiger partial charge in [0.05, 0.1) is 11.2 Å². The van der Waals surface area contributed by atoms with Crippen molar-refractivity contribution in [1.29, 1.82) is 0 Å². The number of nitrogens with one attached hydrogen (secondary N) is 1. The molecule has 2 rings (SSSR count). The van der Waals surface area contributed by atoms with E-state index in [0.29, 0.717) is 37.7 Å². The third kappa shape index (κ3) is 5.46. The first-order chi connectivity index (χ1) is 10.8. The molecule has 0 fully saturated rings. The Hall–Kier alpha value is -1.92. The highest BCUT2D eigenvalue weighted by molar-refractivity contribution is 7.07. The predicted octanol–water partition coefficient (Wildman–Crippen LogP) is 2.88. The van der Waals surface area contributed by atoms with Crippen LogP contribution in [0.15, 0.2) is 35.2 Å². The van der Waals surface area contributed by atoms with Gasteiger partial charge in [-0.05, 0) is 31.5 Å². The number of ether oxygens (including phenoxy) is 2. The van der Waals surface area contributed by atoms with Crippen molar-refractivity contribution in [3.05, 3.63) is 46.4 Å². The fourth-order valence-electron chi connectivity index (χ4n) is 1.82. The molecule has 0 atom stereocenters. The summed E-state index contributed by atoms with van der Waals surface area (Å²) in [4.78, 5) is 16.2. The average molecular weight is 320 g/mol. The van der Waals surface area contributed by atoms with E-state index in [1.165, 1.54) is 11.3 Å². The Balaban J connectivity index is 1.80. The van der Waals surface area contributed by atoms with Gasteiger partial charge < -0.3 is 14.8 Å². The molecular formula is C16H20N2O3S. The minimum Gasteiger partial charge on any atom is -0.487 e. The zero-order chi connectivity index (χ0) is 15.6. The van der Waals surface area contributed by atoms with Crippen molar-refractivity contribution < 1.29 is 14.3 Å². The van der Waals surface area contributed by atoms with Gasteiger partial charge in [-0.2, -0.15) is 0 Å². The zero-order valence-electron chi connectivity index (χ0n) is 12.6. The topological polar surface area (TPSA) is 60.5 Å². The number of thiazole rings is 1. The van der Waals surface area contributed by atoms with Crippen molar-refractivity contribution in [2.75, 3.05) is 19.8 Å². The molecule has 0 radical (unpaired) electrons. The maximum absolute atomic E-state index is 12.0. The third-order valence-electron chi connectivity index (χ3n) is 2.92. The Morgan fingerprint density at radius 3 is 3.09 bits per heavy atom. The van der Waals surface area contributed by atoms with Gasteiger partial charge >= 0.3 is 0 Å². The van der Waals surface area contributed by atoms with E-state index in [1.807, 2.05) is 24.4 Å². The maximum atomic E-state index is 12.0. The van der Waals surface area contributed by atoms with Crippen LogP contribution in [-0.4, -0.2) is 30.6 Å². The first kappa shape index (κ1) is 16.5. The molecule has 1 amide bonds. The molecule has 1 aromatic heterocycles. The number of carbonyl (C=O) groups excluding carboxylic acids is 1. The molecule has 6 heteroatoms. The van der Waals surface area contributed by atoms with Gasteiger partial charge in [0, 0.05) is 30.7 Å². The number of nitrogens with zero attached hydrogens (tertiary/aromatic N) is 1. The van der Waals surface area contributed by atoms with Crippen LogP contribution < -0.4 is 10.1 Å². The van der Waals surface area contributed by atoms with Gasteiger partial charge in [-0.15, -0.1) is 11.3 Å². The standard InChI is InChI=1S/C16H20N2O3S/c1-2-20-8-4-7-17-16(19)13-5-3-6-15(9-13)21-10-14-11-22-12-18-14/h3,5-6,9,11-12H,2,4,7-8,10H2,1H3,(H,17,19). The van der Waals surface area contributed by atoms with Crippen LogP contribution in [0.3, 0.4) is 0 Å². The van der Waals surface area contributed by atoms with Crippen LogP contribution in [0, 0.1) is 0 Å². The number of carbonyl (C=O) groups is 1. The Bertz CT molecular complexity index is 573. The summed E-state index contributed by atoms with van der Waals surface area (Å²) in [6.45, 7) is 4.32. The zero-order valence-corrected chi connectivity index (χ0v) is 13.4. The number of hydrogen-bond acceptors (Lipinski definition) is 5. The molecule has 22 heavy (non-hydrogen) atoms. The Morgan fingerprint density at radius 1 is 1.41 bits per heavy atom. The van der Waals surface area contributed by atoms with Gasteiger partial charge in [0.2, 0.25) is 0 Å². The van der Waals surface area contributed by atoms with Gasteiger partial charge in [-0.25, -0.2) is 4.98 Å². The highest BCUT2D eigenvalue weighted by Gasteiger charge is 2.06. The van der Waals surface area contributed by atoms with Crippen LogP contribution in [0.25, 0.3) is 0 Å². The Morgan fingerprint density at radius 2 is 2.32 bits per heavy atom. The van der Waals surface area contributed by atoms with E-state index in [1.54, 1.807) is 17.6 Å². The summed E-state index contributed by atoms with van der Waals surface area (Å²) in [5, 5.41) is 4.81. The number of amides is 1. The molecule has 0 aliphatic rings. The van der Waals surface area contributed by atoms with Crippen molar-refractivity contribution >= 4 is 17.2 Å². The molecule has 1 N–H and O–H groups in total. The molecule has 0 bridgehead atoms. The highest BCUT2D eigenvalue weighted by atomic mass is 32.1. The van der Waals surface area contributed by atoms with Gasteiger partial charge in [0.15, 0.2) is 0 Å². The van der Waals surface area contributed by atoms with Crippen molar-refractivity contribution in [2.24, 2.45) is 0 Å².